The molecule has 2 N–H and O–H groups in total. The van der Waals surface area contributed by atoms with Gasteiger partial charge < -0.3 is 5.11 Å². The van der Waals surface area contributed by atoms with E-state index in [1.54, 1.807) is 26.0 Å². The van der Waals surface area contributed by atoms with Gasteiger partial charge in [0.1, 0.15) is 11.1 Å². The maximum Gasteiger partial charge on any atom is 0.332 e. The van der Waals surface area contributed by atoms with Gasteiger partial charge in [0.2, 0.25) is 5.88 Å². The molecule has 5 nitrogen and oxygen atoms in total. The Balaban J connectivity index is 2.92. The van der Waals surface area contributed by atoms with E-state index in [1.165, 1.54) is 0 Å². The Bertz CT molecular complexity index is 851. The molecule has 0 fully saturated rings. The van der Waals surface area contributed by atoms with E-state index in [0.717, 1.165) is 10.1 Å². The van der Waals surface area contributed by atoms with Crippen molar-refractivity contribution >= 4 is 0 Å². The Morgan fingerprint density at radius 3 is 2.48 bits per heavy atom. The summed E-state index contributed by atoms with van der Waals surface area (Å²) in [6.07, 6.45) is 5.42. The van der Waals surface area contributed by atoms with Crippen molar-refractivity contribution in [3.05, 3.63) is 50.7 Å². The molecule has 108 valence electrons. The third kappa shape index (κ3) is 2.36. The second kappa shape index (κ2) is 4.98. The number of aryl methyl sites for hydroxylation is 1. The van der Waals surface area contributed by atoms with Crippen LogP contribution in [0.3, 0.4) is 0 Å². The molecule has 2 rings (SSSR count). The lowest BCUT2D eigenvalue weighted by Gasteiger charge is -2.23. The molecule has 0 unspecified atom stereocenters. The van der Waals surface area contributed by atoms with E-state index >= 15 is 0 Å². The lowest BCUT2D eigenvalue weighted by molar-refractivity contribution is 0.344. The third-order valence-electron chi connectivity index (χ3n) is 3.41. The Morgan fingerprint density at radius 2 is 1.90 bits per heavy atom. The summed E-state index contributed by atoms with van der Waals surface area (Å²) in [5.74, 6) is 2.00. The molecule has 0 saturated carbocycles. The highest BCUT2D eigenvalue weighted by Crippen LogP contribution is 2.29. The summed E-state index contributed by atoms with van der Waals surface area (Å²) in [6.45, 7) is 5.03. The van der Waals surface area contributed by atoms with Crippen LogP contribution in [-0.4, -0.2) is 14.7 Å². The first-order valence-corrected chi connectivity index (χ1v) is 6.42. The predicted octanol–water partition coefficient (Wildman–Crippen LogP) is 1.59. The fourth-order valence-electron chi connectivity index (χ4n) is 2.20. The molecule has 0 aliphatic rings. The van der Waals surface area contributed by atoms with E-state index < -0.39 is 22.7 Å². The Hall–Kier alpha value is -2.74. The normalized spacial score (nSPS) is 11.1. The fraction of sp³-hybridized carbons (Fsp3) is 0.250. The number of hydrogen-bond donors (Lipinski definition) is 2. The molecule has 0 bridgehead atoms. The first-order valence-electron chi connectivity index (χ1n) is 6.42. The van der Waals surface area contributed by atoms with Crippen LogP contribution in [0.5, 0.6) is 5.88 Å². The van der Waals surface area contributed by atoms with Crippen LogP contribution in [0.4, 0.5) is 0 Å². The van der Waals surface area contributed by atoms with Gasteiger partial charge in [0.05, 0.1) is 0 Å². The average molecular weight is 284 g/mol. The maximum atomic E-state index is 12.1. The van der Waals surface area contributed by atoms with Crippen LogP contribution >= 0.6 is 0 Å². The van der Waals surface area contributed by atoms with Crippen molar-refractivity contribution in [3.8, 4) is 29.4 Å². The quantitative estimate of drug-likeness (QED) is 0.822. The summed E-state index contributed by atoms with van der Waals surface area (Å²) in [6, 6.07) is 7.10. The summed E-state index contributed by atoms with van der Waals surface area (Å²) in [4.78, 5) is 26.3. The highest BCUT2D eigenvalue weighted by molar-refractivity contribution is 5.70. The van der Waals surface area contributed by atoms with E-state index in [9.17, 15) is 14.7 Å². The zero-order valence-electron chi connectivity index (χ0n) is 12.1. The molecule has 1 heterocycles. The van der Waals surface area contributed by atoms with Crippen LogP contribution in [0, 0.1) is 19.3 Å². The summed E-state index contributed by atoms with van der Waals surface area (Å²) in [5.41, 5.74) is -1.05. The number of terminal acetylenes is 1. The fourth-order valence-corrected chi connectivity index (χ4v) is 2.20. The SMILES string of the molecule is C#CC(C)(C)n1c(O)c(-c2ccccc2C)c(=O)[nH]c1=O. The zero-order valence-corrected chi connectivity index (χ0v) is 12.1. The number of aromatic amines is 1. The van der Waals surface area contributed by atoms with Gasteiger partial charge in [-0.2, -0.15) is 0 Å². The van der Waals surface area contributed by atoms with Crippen molar-refractivity contribution < 1.29 is 5.11 Å². The van der Waals surface area contributed by atoms with Crippen LogP contribution in [-0.2, 0) is 5.54 Å². The van der Waals surface area contributed by atoms with Crippen molar-refractivity contribution in [3.63, 3.8) is 0 Å². The minimum absolute atomic E-state index is 0.0380. The van der Waals surface area contributed by atoms with Crippen molar-refractivity contribution in [1.82, 2.24) is 9.55 Å². The van der Waals surface area contributed by atoms with Gasteiger partial charge in [0.25, 0.3) is 5.56 Å². The number of benzene rings is 1. The highest BCUT2D eigenvalue weighted by atomic mass is 16.3. The van der Waals surface area contributed by atoms with Gasteiger partial charge in [-0.3, -0.25) is 9.78 Å². The molecule has 0 amide bonds. The number of H-pyrrole nitrogens is 1. The Labute approximate surface area is 121 Å². The van der Waals surface area contributed by atoms with Gasteiger partial charge in [0.15, 0.2) is 0 Å². The van der Waals surface area contributed by atoms with E-state index in [2.05, 4.69) is 10.9 Å². The molecule has 0 aliphatic heterocycles. The van der Waals surface area contributed by atoms with Crippen molar-refractivity contribution in [2.45, 2.75) is 26.3 Å². The van der Waals surface area contributed by atoms with Crippen LogP contribution in [0.25, 0.3) is 11.1 Å². The van der Waals surface area contributed by atoms with Crippen molar-refractivity contribution in [1.29, 1.82) is 0 Å². The first-order chi connectivity index (χ1) is 9.79. The Morgan fingerprint density at radius 1 is 1.29 bits per heavy atom. The van der Waals surface area contributed by atoms with Crippen LogP contribution < -0.4 is 11.2 Å². The lowest BCUT2D eigenvalue weighted by Crippen LogP contribution is -2.40. The van der Waals surface area contributed by atoms with E-state index in [4.69, 9.17) is 6.42 Å². The maximum absolute atomic E-state index is 12.1. The van der Waals surface area contributed by atoms with Crippen molar-refractivity contribution in [2.75, 3.05) is 0 Å². The van der Waals surface area contributed by atoms with Gasteiger partial charge in [0, 0.05) is 0 Å². The molecule has 2 aromatic rings. The minimum atomic E-state index is -1.07. The summed E-state index contributed by atoms with van der Waals surface area (Å²) in [5, 5.41) is 10.4. The molecule has 0 saturated heterocycles. The standard InChI is InChI=1S/C16H16N2O3/c1-5-16(3,4)18-14(20)12(13(19)17-15(18)21)11-9-7-6-8-10(11)2/h1,6-9,20H,2-4H3,(H,17,19,21). The molecule has 21 heavy (non-hydrogen) atoms. The molecular weight excluding hydrogens is 268 g/mol. The monoisotopic (exact) mass is 284 g/mol. The smallest absolute Gasteiger partial charge is 0.332 e. The van der Waals surface area contributed by atoms with Gasteiger partial charge in [-0.15, -0.1) is 6.42 Å². The summed E-state index contributed by atoms with van der Waals surface area (Å²) in [7, 11) is 0. The number of nitrogens with zero attached hydrogens (tertiary/aromatic N) is 1. The van der Waals surface area contributed by atoms with Gasteiger partial charge in [-0.1, -0.05) is 30.2 Å². The van der Waals surface area contributed by atoms with Crippen LogP contribution in [0.2, 0.25) is 0 Å². The number of aromatic nitrogens is 2. The van der Waals surface area contributed by atoms with Gasteiger partial charge in [-0.05, 0) is 31.9 Å². The molecule has 0 atom stereocenters. The van der Waals surface area contributed by atoms with Crippen molar-refractivity contribution in [2.24, 2.45) is 0 Å². The molecular formula is C16H16N2O3. The number of aromatic hydroxyl groups is 1. The second-order valence-corrected chi connectivity index (χ2v) is 5.31. The number of nitrogens with one attached hydrogen (secondary N) is 1. The van der Waals surface area contributed by atoms with Gasteiger partial charge >= 0.3 is 5.69 Å². The van der Waals surface area contributed by atoms with Crippen LogP contribution in [0.15, 0.2) is 33.9 Å². The second-order valence-electron chi connectivity index (χ2n) is 5.31. The Kier molecular flexibility index (Phi) is 3.48. The number of rotatable bonds is 2. The molecule has 0 aliphatic carbocycles. The molecule has 1 aromatic heterocycles. The van der Waals surface area contributed by atoms with Gasteiger partial charge in [-0.25, -0.2) is 9.36 Å². The minimum Gasteiger partial charge on any atom is -0.494 e. The summed E-state index contributed by atoms with van der Waals surface area (Å²) >= 11 is 0. The van der Waals surface area contributed by atoms with Crippen LogP contribution in [0.1, 0.15) is 19.4 Å². The number of hydrogen-bond acceptors (Lipinski definition) is 3. The topological polar surface area (TPSA) is 75.1 Å². The summed E-state index contributed by atoms with van der Waals surface area (Å²) < 4.78 is 1.01. The largest absolute Gasteiger partial charge is 0.494 e. The molecule has 5 heteroatoms. The first kappa shape index (κ1) is 14.7. The zero-order chi connectivity index (χ0) is 15.8. The highest BCUT2D eigenvalue weighted by Gasteiger charge is 2.26. The lowest BCUT2D eigenvalue weighted by atomic mass is 10.0. The third-order valence-corrected chi connectivity index (χ3v) is 3.41. The molecule has 0 spiro atoms. The molecule has 1 aromatic carbocycles. The predicted molar refractivity (Wildman–Crippen MR) is 81.3 cm³/mol. The van der Waals surface area contributed by atoms with E-state index in [-0.39, 0.29) is 5.56 Å². The molecule has 0 radical (unpaired) electrons. The van der Waals surface area contributed by atoms with E-state index in [0.29, 0.717) is 5.56 Å². The van der Waals surface area contributed by atoms with E-state index in [1.807, 2.05) is 19.1 Å². The average Bonchev–Trinajstić information content (AvgIpc) is 2.40.